The van der Waals surface area contributed by atoms with Crippen LogP contribution in [0.15, 0.2) is 65.7 Å². The zero-order valence-electron chi connectivity index (χ0n) is 19.4. The van der Waals surface area contributed by atoms with Crippen LogP contribution >= 0.6 is 23.2 Å². The Hall–Kier alpha value is -3.55. The van der Waals surface area contributed by atoms with Crippen LogP contribution in [0.4, 0.5) is 24.7 Å². The first-order valence-corrected chi connectivity index (χ1v) is 12.7. The van der Waals surface area contributed by atoms with Crippen molar-refractivity contribution in [3.8, 4) is 0 Å². The maximum absolute atomic E-state index is 12.7. The van der Waals surface area contributed by atoms with Crippen molar-refractivity contribution in [2.45, 2.75) is 24.5 Å². The van der Waals surface area contributed by atoms with Gasteiger partial charge in [0.15, 0.2) is 0 Å². The fraction of sp³-hybridized carbons (Fsp3) is 0.174. The van der Waals surface area contributed by atoms with Crippen molar-refractivity contribution in [2.24, 2.45) is 0 Å². The number of nitrogens with zero attached hydrogens (tertiary/aromatic N) is 2. The molecule has 0 aliphatic rings. The van der Waals surface area contributed by atoms with Crippen molar-refractivity contribution in [3.05, 3.63) is 82.0 Å². The Morgan fingerprint density at radius 2 is 1.63 bits per heavy atom. The molecule has 38 heavy (non-hydrogen) atoms. The molecule has 0 fully saturated rings. The number of carbonyl (C=O) groups is 2. The second-order valence-corrected chi connectivity index (χ2v) is 9.88. The van der Waals surface area contributed by atoms with Crippen LogP contribution in [0.5, 0.6) is 0 Å². The minimum absolute atomic E-state index is 0.0167. The summed E-state index contributed by atoms with van der Waals surface area (Å²) in [5.74, 6) is -3.73. The largest absolute Gasteiger partial charge is 0.490 e. The summed E-state index contributed by atoms with van der Waals surface area (Å²) in [6.45, 7) is 2.85. The van der Waals surface area contributed by atoms with Gasteiger partial charge in [0, 0.05) is 13.1 Å². The number of sulfonamides is 1. The number of aliphatic carboxylic acids is 1. The molecule has 0 aliphatic heterocycles. The summed E-state index contributed by atoms with van der Waals surface area (Å²) in [6, 6.07) is 14.7. The molecule has 0 unspecified atom stereocenters. The summed E-state index contributed by atoms with van der Waals surface area (Å²) in [5, 5.41) is 17.1. The van der Waals surface area contributed by atoms with E-state index in [9.17, 15) is 31.5 Å². The lowest BCUT2D eigenvalue weighted by Gasteiger charge is -2.24. The van der Waals surface area contributed by atoms with E-state index in [1.807, 2.05) is 37.3 Å². The topological polar surface area (TPSA) is 137 Å². The minimum atomic E-state index is -5.08. The summed E-state index contributed by atoms with van der Waals surface area (Å²) < 4.78 is 59.4. The van der Waals surface area contributed by atoms with Crippen LogP contribution in [0, 0.1) is 0 Å². The number of halogens is 5. The van der Waals surface area contributed by atoms with Gasteiger partial charge in [0.1, 0.15) is 11.4 Å². The maximum Gasteiger partial charge on any atom is 0.490 e. The number of pyridine rings is 1. The van der Waals surface area contributed by atoms with Gasteiger partial charge in [0.2, 0.25) is 0 Å². The number of hydrogen-bond donors (Lipinski definition) is 3. The highest BCUT2D eigenvalue weighted by molar-refractivity contribution is 7.92. The zero-order valence-corrected chi connectivity index (χ0v) is 21.7. The van der Waals surface area contributed by atoms with E-state index in [2.05, 4.69) is 9.71 Å². The van der Waals surface area contributed by atoms with E-state index in [1.54, 1.807) is 4.90 Å². The molecule has 9 nitrogen and oxygen atoms in total. The van der Waals surface area contributed by atoms with Gasteiger partial charge in [-0.15, -0.1) is 0 Å². The molecule has 0 spiro atoms. The quantitative estimate of drug-likeness (QED) is 0.309. The molecule has 0 saturated heterocycles. The first-order chi connectivity index (χ1) is 17.7. The monoisotopic (exact) mass is 593 g/mol. The van der Waals surface area contributed by atoms with Gasteiger partial charge in [0.05, 0.1) is 26.8 Å². The van der Waals surface area contributed by atoms with Crippen LogP contribution in [0.2, 0.25) is 10.0 Å². The molecule has 0 atom stereocenters. The van der Waals surface area contributed by atoms with Crippen molar-refractivity contribution in [2.75, 3.05) is 16.2 Å². The minimum Gasteiger partial charge on any atom is -0.478 e. The Morgan fingerprint density at radius 1 is 1.03 bits per heavy atom. The zero-order chi connectivity index (χ0) is 28.7. The molecule has 1 heterocycles. The smallest absolute Gasteiger partial charge is 0.478 e. The van der Waals surface area contributed by atoms with Crippen LogP contribution in [0.3, 0.4) is 0 Å². The molecular formula is C23H20Cl2F3N3O6S. The lowest BCUT2D eigenvalue weighted by molar-refractivity contribution is -0.192. The number of benzene rings is 2. The second-order valence-electron chi connectivity index (χ2n) is 7.38. The van der Waals surface area contributed by atoms with E-state index in [0.29, 0.717) is 13.1 Å². The number of hydrogen-bond acceptors (Lipinski definition) is 6. The highest BCUT2D eigenvalue weighted by Gasteiger charge is 2.38. The Labute approximate surface area is 225 Å². The second kappa shape index (κ2) is 12.8. The van der Waals surface area contributed by atoms with Crippen molar-refractivity contribution >= 4 is 56.7 Å². The molecule has 15 heteroatoms. The lowest BCUT2D eigenvalue weighted by atomic mass is 10.2. The highest BCUT2D eigenvalue weighted by atomic mass is 35.5. The molecule has 2 aromatic carbocycles. The molecule has 0 aliphatic carbocycles. The summed E-state index contributed by atoms with van der Waals surface area (Å²) in [6.07, 6.45) is -3.80. The third-order valence-corrected chi connectivity index (χ3v) is 6.81. The summed E-state index contributed by atoms with van der Waals surface area (Å²) in [4.78, 5) is 26.7. The number of carboxylic acid groups (broad SMARTS) is 2. The van der Waals surface area contributed by atoms with Crippen molar-refractivity contribution < 1.29 is 41.4 Å². The third kappa shape index (κ3) is 8.50. The number of anilines is 2. The summed E-state index contributed by atoms with van der Waals surface area (Å²) >= 11 is 11.7. The predicted molar refractivity (Wildman–Crippen MR) is 135 cm³/mol. The fourth-order valence-corrected chi connectivity index (χ4v) is 4.34. The van der Waals surface area contributed by atoms with Gasteiger partial charge in [0.25, 0.3) is 10.0 Å². The SMILES string of the molecule is CCN(Cc1ccccc1)c1ncc(NS(=O)(=O)c2ccc(Cl)c(Cl)c2)cc1C(=O)O.O=C(O)C(F)(F)F. The molecule has 0 bridgehead atoms. The Morgan fingerprint density at radius 3 is 2.13 bits per heavy atom. The van der Waals surface area contributed by atoms with E-state index in [0.717, 1.165) is 5.56 Å². The lowest BCUT2D eigenvalue weighted by Crippen LogP contribution is -2.25. The van der Waals surface area contributed by atoms with E-state index in [1.165, 1.54) is 30.5 Å². The Bertz CT molecular complexity index is 1410. The van der Waals surface area contributed by atoms with Crippen molar-refractivity contribution in [1.29, 1.82) is 0 Å². The van der Waals surface area contributed by atoms with E-state index in [-0.39, 0.29) is 32.0 Å². The van der Waals surface area contributed by atoms with Crippen LogP contribution in [-0.2, 0) is 21.4 Å². The Balaban J connectivity index is 0.000000638. The average molecular weight is 594 g/mol. The average Bonchev–Trinajstić information content (AvgIpc) is 2.84. The molecule has 204 valence electrons. The molecule has 0 amide bonds. The van der Waals surface area contributed by atoms with Crippen LogP contribution < -0.4 is 9.62 Å². The number of carboxylic acids is 2. The van der Waals surface area contributed by atoms with E-state index >= 15 is 0 Å². The maximum atomic E-state index is 12.7. The predicted octanol–water partition coefficient (Wildman–Crippen LogP) is 5.55. The number of rotatable bonds is 8. The molecule has 3 rings (SSSR count). The van der Waals surface area contributed by atoms with Gasteiger partial charge in [-0.2, -0.15) is 13.2 Å². The van der Waals surface area contributed by atoms with Crippen molar-refractivity contribution in [1.82, 2.24) is 4.98 Å². The standard InChI is InChI=1S/C21H19Cl2N3O4S.C2HF3O2/c1-2-26(13-14-6-4-3-5-7-14)20-17(21(27)28)10-15(12-24-20)25-31(29,30)16-8-9-18(22)19(23)11-16;3-2(4,5)1(6)7/h3-12,25H,2,13H2,1H3,(H,27,28);(H,6,7). The fourth-order valence-electron chi connectivity index (χ4n) is 2.92. The number of aromatic nitrogens is 1. The van der Waals surface area contributed by atoms with Crippen LogP contribution in [-0.4, -0.2) is 48.3 Å². The number of aromatic carboxylic acids is 1. The first-order valence-electron chi connectivity index (χ1n) is 10.5. The first kappa shape index (κ1) is 30.7. The van der Waals surface area contributed by atoms with Crippen LogP contribution in [0.1, 0.15) is 22.8 Å². The van der Waals surface area contributed by atoms with Gasteiger partial charge in [-0.05, 0) is 36.8 Å². The van der Waals surface area contributed by atoms with Gasteiger partial charge < -0.3 is 15.1 Å². The number of nitrogens with one attached hydrogen (secondary N) is 1. The van der Waals surface area contributed by atoms with Gasteiger partial charge in [-0.3, -0.25) is 4.72 Å². The summed E-state index contributed by atoms with van der Waals surface area (Å²) in [7, 11) is -4.02. The van der Waals surface area contributed by atoms with Gasteiger partial charge >= 0.3 is 18.1 Å². The Kier molecular flexibility index (Phi) is 10.3. The van der Waals surface area contributed by atoms with Crippen molar-refractivity contribution in [3.63, 3.8) is 0 Å². The molecule has 3 N–H and O–H groups in total. The van der Waals surface area contributed by atoms with Gasteiger partial charge in [-0.1, -0.05) is 53.5 Å². The third-order valence-electron chi connectivity index (χ3n) is 4.69. The molecule has 0 saturated carbocycles. The van der Waals surface area contributed by atoms with E-state index in [4.69, 9.17) is 33.1 Å². The van der Waals surface area contributed by atoms with E-state index < -0.39 is 28.1 Å². The van der Waals surface area contributed by atoms with Crippen LogP contribution in [0.25, 0.3) is 0 Å². The molecule has 0 radical (unpaired) electrons. The van der Waals surface area contributed by atoms with Gasteiger partial charge in [-0.25, -0.2) is 23.0 Å². The normalized spacial score (nSPS) is 11.2. The molecular weight excluding hydrogens is 574 g/mol. The highest BCUT2D eigenvalue weighted by Crippen LogP contribution is 2.28. The molecule has 1 aromatic heterocycles. The molecule has 3 aromatic rings. The summed E-state index contributed by atoms with van der Waals surface area (Å²) in [5.41, 5.74) is 0.891. The number of alkyl halides is 3.